The van der Waals surface area contributed by atoms with Crippen LogP contribution in [0.15, 0.2) is 54.6 Å². The highest BCUT2D eigenvalue weighted by molar-refractivity contribution is 6.32. The van der Waals surface area contributed by atoms with Gasteiger partial charge >= 0.3 is 6.09 Å². The van der Waals surface area contributed by atoms with Crippen LogP contribution in [-0.2, 0) is 10.3 Å². The van der Waals surface area contributed by atoms with Crippen molar-refractivity contribution < 1.29 is 9.53 Å². The number of carbonyl (C=O) groups excluding carboxylic acids is 1. The molecule has 0 spiro atoms. The molecule has 0 aromatic heterocycles. The molecule has 0 unspecified atom stereocenters. The molecule has 5 heteroatoms. The Balaban J connectivity index is 1.88. The summed E-state index contributed by atoms with van der Waals surface area (Å²) in [4.78, 5) is 14.8. The Morgan fingerprint density at radius 2 is 1.86 bits per heavy atom. The van der Waals surface area contributed by atoms with Gasteiger partial charge in [0.25, 0.3) is 0 Å². The van der Waals surface area contributed by atoms with Gasteiger partial charge in [-0.05, 0) is 31.9 Å². The number of hydrogen-bond donors (Lipinski definition) is 0. The third-order valence-corrected chi connectivity index (χ3v) is 5.63. The van der Waals surface area contributed by atoms with Crippen molar-refractivity contribution >= 4 is 19.4 Å². The third-order valence-electron chi connectivity index (χ3n) is 5.63. The quantitative estimate of drug-likeness (QED) is 0.751. The van der Waals surface area contributed by atoms with Gasteiger partial charge in [0.05, 0.1) is 17.5 Å². The van der Waals surface area contributed by atoms with Gasteiger partial charge in [0.2, 0.25) is 0 Å². The van der Waals surface area contributed by atoms with E-state index in [0.717, 1.165) is 11.1 Å². The number of nitriles is 1. The fourth-order valence-electron chi connectivity index (χ4n) is 3.97. The molecule has 1 aliphatic heterocycles. The van der Waals surface area contributed by atoms with Crippen LogP contribution in [0.2, 0.25) is 0 Å². The molecule has 0 radical (unpaired) electrons. The van der Waals surface area contributed by atoms with E-state index in [-0.39, 0.29) is 12.1 Å². The minimum absolute atomic E-state index is 0.0640. The van der Waals surface area contributed by atoms with Crippen molar-refractivity contribution in [3.05, 3.63) is 65.7 Å². The highest BCUT2D eigenvalue weighted by Crippen LogP contribution is 2.44. The number of nitrogens with zero attached hydrogens (tertiary/aromatic N) is 2. The van der Waals surface area contributed by atoms with Crippen LogP contribution < -0.4 is 5.46 Å². The van der Waals surface area contributed by atoms with E-state index in [4.69, 9.17) is 4.74 Å². The van der Waals surface area contributed by atoms with E-state index in [1.807, 2.05) is 51.1 Å². The summed E-state index contributed by atoms with van der Waals surface area (Å²) in [7, 11) is 2.05. The minimum Gasteiger partial charge on any atom is -0.438 e. The molecule has 0 aliphatic carbocycles. The summed E-state index contributed by atoms with van der Waals surface area (Å²) in [5.74, 6) is 0. The van der Waals surface area contributed by atoms with Crippen LogP contribution in [0.25, 0.3) is 0 Å². The molecule has 2 aromatic carbocycles. The molecule has 1 amide bonds. The van der Waals surface area contributed by atoms with Crippen molar-refractivity contribution in [2.24, 2.45) is 5.41 Å². The molecule has 1 aliphatic rings. The fourth-order valence-corrected chi connectivity index (χ4v) is 3.97. The number of ether oxygens (including phenoxy) is 1. The summed E-state index contributed by atoms with van der Waals surface area (Å²) in [6, 6.07) is 20.4. The molecule has 3 rings (SSSR count). The van der Waals surface area contributed by atoms with Gasteiger partial charge in [0, 0.05) is 19.4 Å². The molecule has 0 N–H and O–H groups in total. The standard InChI is InChI=1S/C23H27BN2O2/c1-17(18-9-11-20(24)12-10-18)26-14-13-23(28-21(26)27,15-22(2,3)16-25)19-7-5-4-6-8-19/h4-12,17H,13-15,24H2,1-3H3/t17-,23-/m0/s1. The molecule has 2 aromatic rings. The zero-order valence-electron chi connectivity index (χ0n) is 17.1. The Kier molecular flexibility index (Phi) is 5.51. The summed E-state index contributed by atoms with van der Waals surface area (Å²) < 4.78 is 6.11. The predicted octanol–water partition coefficient (Wildman–Crippen LogP) is 3.68. The number of benzene rings is 2. The van der Waals surface area contributed by atoms with Gasteiger partial charge in [-0.25, -0.2) is 4.79 Å². The van der Waals surface area contributed by atoms with E-state index >= 15 is 0 Å². The highest BCUT2D eigenvalue weighted by Gasteiger charge is 2.46. The molecule has 1 saturated heterocycles. The van der Waals surface area contributed by atoms with E-state index in [9.17, 15) is 10.1 Å². The largest absolute Gasteiger partial charge is 0.438 e. The maximum Gasteiger partial charge on any atom is 0.411 e. The SMILES string of the molecule is Bc1ccc([C@H](C)N2CC[C@](CC(C)(C)C#N)(c3ccccc3)OC2=O)cc1. The van der Waals surface area contributed by atoms with E-state index in [1.54, 1.807) is 4.90 Å². The van der Waals surface area contributed by atoms with Crippen LogP contribution in [0.5, 0.6) is 0 Å². The van der Waals surface area contributed by atoms with E-state index < -0.39 is 11.0 Å². The molecule has 2 atom stereocenters. The van der Waals surface area contributed by atoms with Crippen molar-refractivity contribution in [1.82, 2.24) is 4.90 Å². The molecule has 144 valence electrons. The molecule has 1 fully saturated rings. The smallest absolute Gasteiger partial charge is 0.411 e. The summed E-state index contributed by atoms with van der Waals surface area (Å²) in [5.41, 5.74) is 1.86. The van der Waals surface area contributed by atoms with Crippen LogP contribution in [0, 0.1) is 16.7 Å². The summed E-state index contributed by atoms with van der Waals surface area (Å²) in [5, 5.41) is 9.56. The van der Waals surface area contributed by atoms with Gasteiger partial charge in [-0.3, -0.25) is 0 Å². The molecule has 0 bridgehead atoms. The number of carbonyl (C=O) groups is 1. The van der Waals surface area contributed by atoms with Crippen LogP contribution in [-0.4, -0.2) is 25.4 Å². The lowest BCUT2D eigenvalue weighted by Crippen LogP contribution is -2.50. The lowest BCUT2D eigenvalue weighted by molar-refractivity contribution is -0.0770. The highest BCUT2D eigenvalue weighted by atomic mass is 16.6. The zero-order chi connectivity index (χ0) is 20.4. The first kappa shape index (κ1) is 20.0. The minimum atomic E-state index is -0.777. The average Bonchev–Trinajstić information content (AvgIpc) is 2.68. The zero-order valence-corrected chi connectivity index (χ0v) is 17.1. The van der Waals surface area contributed by atoms with Gasteiger partial charge in [0.15, 0.2) is 0 Å². The normalized spacial score (nSPS) is 20.9. The second-order valence-corrected chi connectivity index (χ2v) is 8.43. The number of hydrogen-bond acceptors (Lipinski definition) is 3. The number of cyclic esters (lactones) is 1. The van der Waals surface area contributed by atoms with Crippen molar-refractivity contribution in [2.45, 2.75) is 45.3 Å². The topological polar surface area (TPSA) is 53.3 Å². The molecular weight excluding hydrogens is 347 g/mol. The number of rotatable bonds is 5. The maximum absolute atomic E-state index is 13.1. The Morgan fingerprint density at radius 1 is 1.21 bits per heavy atom. The van der Waals surface area contributed by atoms with Gasteiger partial charge in [-0.1, -0.05) is 60.1 Å². The maximum atomic E-state index is 13.1. The van der Waals surface area contributed by atoms with Gasteiger partial charge in [-0.2, -0.15) is 5.26 Å². The van der Waals surface area contributed by atoms with Gasteiger partial charge in [0.1, 0.15) is 13.4 Å². The van der Waals surface area contributed by atoms with Crippen LogP contribution >= 0.6 is 0 Å². The van der Waals surface area contributed by atoms with Crippen molar-refractivity contribution in [3.63, 3.8) is 0 Å². The van der Waals surface area contributed by atoms with E-state index in [2.05, 4.69) is 38.2 Å². The van der Waals surface area contributed by atoms with E-state index in [1.165, 1.54) is 5.46 Å². The van der Waals surface area contributed by atoms with Gasteiger partial charge < -0.3 is 9.64 Å². The summed E-state index contributed by atoms with van der Waals surface area (Å²) in [6.07, 6.45) is 0.806. The first-order chi connectivity index (χ1) is 13.3. The Morgan fingerprint density at radius 3 is 2.43 bits per heavy atom. The molecule has 0 saturated carbocycles. The molecule has 4 nitrogen and oxygen atoms in total. The third kappa shape index (κ3) is 4.07. The lowest BCUT2D eigenvalue weighted by atomic mass is 9.75. The molecule has 1 heterocycles. The monoisotopic (exact) mass is 374 g/mol. The predicted molar refractivity (Wildman–Crippen MR) is 113 cm³/mol. The van der Waals surface area contributed by atoms with Crippen LogP contribution in [0.3, 0.4) is 0 Å². The first-order valence-electron chi connectivity index (χ1n) is 9.79. The second kappa shape index (κ2) is 7.71. The van der Waals surface area contributed by atoms with Crippen molar-refractivity contribution in [1.29, 1.82) is 5.26 Å². The van der Waals surface area contributed by atoms with Crippen LogP contribution in [0.1, 0.15) is 50.8 Å². The Labute approximate surface area is 168 Å². The number of amides is 1. The summed E-state index contributed by atoms with van der Waals surface area (Å²) >= 11 is 0. The Bertz CT molecular complexity index is 874. The van der Waals surface area contributed by atoms with E-state index in [0.29, 0.717) is 19.4 Å². The lowest BCUT2D eigenvalue weighted by Gasteiger charge is -2.45. The average molecular weight is 374 g/mol. The fraction of sp³-hybridized carbons (Fsp3) is 0.391. The van der Waals surface area contributed by atoms with Gasteiger partial charge in [-0.15, -0.1) is 0 Å². The molecular formula is C23H27BN2O2. The second-order valence-electron chi connectivity index (χ2n) is 8.43. The Hall–Kier alpha value is -2.74. The van der Waals surface area contributed by atoms with Crippen molar-refractivity contribution in [3.8, 4) is 6.07 Å². The van der Waals surface area contributed by atoms with Crippen LogP contribution in [0.4, 0.5) is 4.79 Å². The molecule has 28 heavy (non-hydrogen) atoms. The first-order valence-corrected chi connectivity index (χ1v) is 9.79. The van der Waals surface area contributed by atoms with Crippen molar-refractivity contribution in [2.75, 3.05) is 6.54 Å². The summed E-state index contributed by atoms with van der Waals surface area (Å²) in [6.45, 7) is 6.41.